The number of phenolic OH excluding ortho intramolecular Hbond substituents is 1. The van der Waals surface area contributed by atoms with Crippen LogP contribution in [0, 0.1) is 11.8 Å². The van der Waals surface area contributed by atoms with Crippen molar-refractivity contribution in [2.24, 2.45) is 17.6 Å². The maximum absolute atomic E-state index is 15.0. The molecular formula is C51H76N8O16S. The summed E-state index contributed by atoms with van der Waals surface area (Å²) >= 11 is 0. The number of likely N-dealkylation sites (N-methyl/N-ethyl adjacent to an activating group) is 1. The van der Waals surface area contributed by atoms with Crippen molar-refractivity contribution >= 4 is 57.7 Å². The first-order chi connectivity index (χ1) is 35.9. The Hall–Kier alpha value is -6.25. The number of aromatic hydroxyl groups is 1. The molecule has 25 heteroatoms. The van der Waals surface area contributed by atoms with E-state index in [4.69, 9.17) is 19.8 Å². The van der Waals surface area contributed by atoms with E-state index < -0.39 is 137 Å². The highest BCUT2D eigenvalue weighted by Crippen LogP contribution is 2.28. The number of piperidine rings is 1. The molecule has 2 aromatic rings. The summed E-state index contributed by atoms with van der Waals surface area (Å²) in [5, 5.41) is 34.5. The van der Waals surface area contributed by atoms with Gasteiger partial charge in [0.05, 0.1) is 0 Å². The minimum Gasteiger partial charge on any atom is -0.508 e. The van der Waals surface area contributed by atoms with Crippen LogP contribution in [0.15, 0.2) is 54.6 Å². The molecule has 12 atom stereocenters. The smallest absolute Gasteiger partial charge is 0.397 e. The van der Waals surface area contributed by atoms with Gasteiger partial charge in [-0.2, -0.15) is 8.42 Å². The highest BCUT2D eigenvalue weighted by atomic mass is 32.3. The summed E-state index contributed by atoms with van der Waals surface area (Å²) in [6.45, 7) is 7.43. The van der Waals surface area contributed by atoms with Crippen LogP contribution in [0.1, 0.15) is 97.1 Å². The van der Waals surface area contributed by atoms with E-state index >= 15 is 0 Å². The number of nitrogens with one attached hydrogen (secondary N) is 5. The van der Waals surface area contributed by atoms with Gasteiger partial charge in [-0.3, -0.25) is 38.1 Å². The van der Waals surface area contributed by atoms with Gasteiger partial charge in [0.25, 0.3) is 5.91 Å². The van der Waals surface area contributed by atoms with Crippen LogP contribution in [0.2, 0.25) is 0 Å². The fourth-order valence-electron chi connectivity index (χ4n) is 8.92. The number of rotatable bonds is 21. The molecule has 422 valence electrons. The molecule has 2 heterocycles. The SMILES string of the molecule is CC[C@@H](C)[C@@H]1C(=O)N(C)C(Cc2ccccc2)C(=O)N[C@@H]([C@@H](C)CC)C(=O)O[C@@H](C)[C@H](NC(=O)[C@@H](CCc2ccc(O)cc2)NC(=O)[C@@H](COS(=O)(=O)O)OC)C(=O)NC(CCCCN)C(=O)N[C@H]2CC[C@@H](O)N1C2=O. The minimum absolute atomic E-state index is 0.0457. The Balaban J connectivity index is 1.87. The minimum atomic E-state index is -5.04. The number of aryl methyl sites for hydroxylation is 1. The van der Waals surface area contributed by atoms with Crippen molar-refractivity contribution in [3.05, 3.63) is 65.7 Å². The number of hydrogen-bond acceptors (Lipinski definition) is 16. The molecule has 2 unspecified atom stereocenters. The average molecular weight is 1090 g/mol. The molecule has 10 N–H and O–H groups in total. The van der Waals surface area contributed by atoms with Gasteiger partial charge in [-0.15, -0.1) is 0 Å². The van der Waals surface area contributed by atoms with E-state index in [0.29, 0.717) is 30.4 Å². The van der Waals surface area contributed by atoms with Gasteiger partial charge < -0.3 is 61.8 Å². The number of carbonyl (C=O) groups excluding carboxylic acids is 8. The van der Waals surface area contributed by atoms with E-state index in [0.717, 1.165) is 12.0 Å². The second-order valence-electron chi connectivity index (χ2n) is 19.4. The number of fused-ring (bicyclic) bond motifs is 2. The monoisotopic (exact) mass is 1090 g/mol. The summed E-state index contributed by atoms with van der Waals surface area (Å²) in [6, 6.07) is 4.44. The fourth-order valence-corrected chi connectivity index (χ4v) is 9.22. The first-order valence-electron chi connectivity index (χ1n) is 25.6. The van der Waals surface area contributed by atoms with Crippen molar-refractivity contribution in [1.29, 1.82) is 0 Å². The molecule has 0 saturated carbocycles. The number of unbranched alkanes of at least 4 members (excludes halogenated alkanes) is 1. The van der Waals surface area contributed by atoms with Crippen LogP contribution in [0.5, 0.6) is 5.75 Å². The number of nitrogens with zero attached hydrogens (tertiary/aromatic N) is 2. The zero-order valence-electron chi connectivity index (χ0n) is 44.1. The lowest BCUT2D eigenvalue weighted by molar-refractivity contribution is -0.168. The molecule has 0 spiro atoms. The molecule has 2 aliphatic heterocycles. The van der Waals surface area contributed by atoms with Crippen molar-refractivity contribution in [2.75, 3.05) is 27.3 Å². The molecule has 4 rings (SSSR count). The molecule has 2 aromatic carbocycles. The van der Waals surface area contributed by atoms with E-state index in [2.05, 4.69) is 30.8 Å². The Morgan fingerprint density at radius 1 is 0.868 bits per heavy atom. The number of amides is 7. The molecule has 76 heavy (non-hydrogen) atoms. The largest absolute Gasteiger partial charge is 0.508 e. The predicted octanol–water partition coefficient (Wildman–Crippen LogP) is 0.129. The van der Waals surface area contributed by atoms with Gasteiger partial charge >= 0.3 is 16.4 Å². The number of esters is 1. The standard InChI is InChI=1S/C51H76N8O16S/c1-8-29(3)41-51(69)75-31(5)42(57-45(63)36(23-20-32-18-21-34(60)22-19-32)53-47(65)39(73-7)28-74-76(70,71)72)48(66)54-35(17-13-14-26-52)44(62)55-37-24-25-40(61)59(49(37)67)43(30(4)9-2)50(68)58(6)38(46(64)56-41)27-33-15-11-10-12-16-33/h10-12,15-16,18-19,21-22,29-31,35-43,60-61H,8-9,13-14,17,20,23-28,52H2,1-7H3,(H,53,65)(H,54,66)(H,55,62)(H,56,64)(H,57,63)(H,70,71,72)/t29-,30+,31-,35?,36+,37-,38?,39+,40+,41-,42-,43+/m0/s1. The zero-order valence-corrected chi connectivity index (χ0v) is 45.0. The van der Waals surface area contributed by atoms with Gasteiger partial charge in [0, 0.05) is 20.6 Å². The zero-order chi connectivity index (χ0) is 56.4. The lowest BCUT2D eigenvalue weighted by atomic mass is 9.91. The summed E-state index contributed by atoms with van der Waals surface area (Å²) < 4.78 is 47.3. The molecule has 24 nitrogen and oxygen atoms in total. The first-order valence-corrected chi connectivity index (χ1v) is 27.0. The number of nitrogens with two attached hydrogens (primary N) is 1. The third-order valence-corrected chi connectivity index (χ3v) is 14.4. The summed E-state index contributed by atoms with van der Waals surface area (Å²) in [6.07, 6.45) is -3.80. The summed E-state index contributed by atoms with van der Waals surface area (Å²) in [5.41, 5.74) is 7.03. The van der Waals surface area contributed by atoms with Gasteiger partial charge in [-0.05, 0) is 93.5 Å². The third kappa shape index (κ3) is 17.7. The number of cyclic esters (lactones) is 1. The first kappa shape index (κ1) is 62.3. The Kier molecular flexibility index (Phi) is 24.0. The highest BCUT2D eigenvalue weighted by Gasteiger charge is 2.47. The summed E-state index contributed by atoms with van der Waals surface area (Å²) in [5.74, 6) is -8.62. The fraction of sp³-hybridized carbons (Fsp3) is 0.608. The van der Waals surface area contributed by atoms with Gasteiger partial charge in [0.2, 0.25) is 35.4 Å². The van der Waals surface area contributed by atoms with Crippen molar-refractivity contribution < 1.29 is 75.2 Å². The maximum atomic E-state index is 15.0. The van der Waals surface area contributed by atoms with Crippen molar-refractivity contribution in [1.82, 2.24) is 36.4 Å². The molecule has 2 saturated heterocycles. The number of hydrogen-bond donors (Lipinski definition) is 9. The van der Waals surface area contributed by atoms with Crippen LogP contribution in [0.25, 0.3) is 0 Å². The van der Waals surface area contributed by atoms with E-state index in [1.54, 1.807) is 70.2 Å². The second-order valence-corrected chi connectivity index (χ2v) is 20.5. The lowest BCUT2D eigenvalue weighted by Crippen LogP contribution is -2.66. The van der Waals surface area contributed by atoms with Crippen LogP contribution < -0.4 is 32.3 Å². The quantitative estimate of drug-likeness (QED) is 0.0456. The maximum Gasteiger partial charge on any atom is 0.397 e. The number of methoxy groups -OCH3 is 1. The van der Waals surface area contributed by atoms with Crippen molar-refractivity contribution in [3.8, 4) is 5.75 Å². The number of aliphatic hydroxyl groups is 1. The molecule has 0 aliphatic carbocycles. The predicted molar refractivity (Wildman–Crippen MR) is 274 cm³/mol. The normalized spacial score (nSPS) is 25.0. The number of benzene rings is 2. The van der Waals surface area contributed by atoms with E-state index in [9.17, 15) is 57.0 Å². The summed E-state index contributed by atoms with van der Waals surface area (Å²) in [4.78, 5) is 119. The molecule has 2 bridgehead atoms. The molecule has 2 aliphatic rings. The molecule has 2 fully saturated rings. The van der Waals surface area contributed by atoms with Gasteiger partial charge in [0.15, 0.2) is 6.10 Å². The van der Waals surface area contributed by atoms with E-state index in [-0.39, 0.29) is 57.2 Å². The number of ether oxygens (including phenoxy) is 2. The van der Waals surface area contributed by atoms with Crippen LogP contribution in [-0.2, 0) is 75.3 Å². The highest BCUT2D eigenvalue weighted by molar-refractivity contribution is 7.80. The Bertz CT molecular complexity index is 2420. The Morgan fingerprint density at radius 3 is 2.13 bits per heavy atom. The Labute approximate surface area is 443 Å². The van der Waals surface area contributed by atoms with Gasteiger partial charge in [-0.1, -0.05) is 83.0 Å². The third-order valence-electron chi connectivity index (χ3n) is 14.0. The van der Waals surface area contributed by atoms with Gasteiger partial charge in [0.1, 0.15) is 67.0 Å². The number of aliphatic hydroxyl groups excluding tert-OH is 1. The molecular weight excluding hydrogens is 1010 g/mol. The van der Waals surface area contributed by atoms with E-state index in [1.165, 1.54) is 31.0 Å². The molecule has 7 amide bonds. The summed E-state index contributed by atoms with van der Waals surface area (Å²) in [7, 11) is -2.60. The second kappa shape index (κ2) is 29.3. The van der Waals surface area contributed by atoms with Crippen LogP contribution >= 0.6 is 0 Å². The van der Waals surface area contributed by atoms with Crippen molar-refractivity contribution in [3.63, 3.8) is 0 Å². The van der Waals surface area contributed by atoms with E-state index in [1.807, 2.05) is 0 Å². The van der Waals surface area contributed by atoms with Crippen molar-refractivity contribution in [2.45, 2.75) is 160 Å². The van der Waals surface area contributed by atoms with Crippen LogP contribution in [0.4, 0.5) is 0 Å². The van der Waals surface area contributed by atoms with Crippen LogP contribution in [0.3, 0.4) is 0 Å². The number of carbonyl (C=O) groups is 8. The van der Waals surface area contributed by atoms with Gasteiger partial charge in [-0.25, -0.2) is 8.98 Å². The lowest BCUT2D eigenvalue weighted by Gasteiger charge is -2.44. The average Bonchev–Trinajstić information content (AvgIpc) is 3.38. The van der Waals surface area contributed by atoms with Crippen LogP contribution in [-0.4, -0.2) is 168 Å². The topological polar surface area (TPSA) is 352 Å². The molecule has 0 radical (unpaired) electrons. The Morgan fingerprint density at radius 2 is 1.53 bits per heavy atom. The number of phenols is 1. The molecule has 0 aromatic heterocycles.